The van der Waals surface area contributed by atoms with Gasteiger partial charge in [0.1, 0.15) is 11.5 Å². The zero-order valence-electron chi connectivity index (χ0n) is 14.2. The van der Waals surface area contributed by atoms with Gasteiger partial charge in [-0.25, -0.2) is 9.27 Å². The molecular weight excluding hydrogens is 360 g/mol. The first-order chi connectivity index (χ1) is 12.1. The van der Waals surface area contributed by atoms with E-state index in [1.807, 2.05) is 30.5 Å². The first-order valence-corrected chi connectivity index (χ1v) is 10.3. The Morgan fingerprint density at radius 1 is 1.24 bits per heavy atom. The van der Waals surface area contributed by atoms with Crippen LogP contribution >= 0.6 is 11.8 Å². The summed E-state index contributed by atoms with van der Waals surface area (Å²) in [5.74, 6) is 1.36. The topological polar surface area (TPSA) is 85.0 Å². The van der Waals surface area contributed by atoms with Gasteiger partial charge in [0.05, 0.1) is 18.8 Å². The maximum absolute atomic E-state index is 11.3. The van der Waals surface area contributed by atoms with Gasteiger partial charge in [0.15, 0.2) is 11.1 Å². The van der Waals surface area contributed by atoms with E-state index in [2.05, 4.69) is 0 Å². The second-order valence-electron chi connectivity index (χ2n) is 5.08. The van der Waals surface area contributed by atoms with E-state index in [0.29, 0.717) is 11.4 Å². The lowest BCUT2D eigenvalue weighted by Gasteiger charge is -2.22. The molecule has 136 valence electrons. The fraction of sp³-hybridized carbons (Fsp3) is 0.294. The summed E-state index contributed by atoms with van der Waals surface area (Å²) >= 11 is 0.170. The summed E-state index contributed by atoms with van der Waals surface area (Å²) in [5, 5.41) is 10.5. The van der Waals surface area contributed by atoms with Crippen molar-refractivity contribution < 1.29 is 18.3 Å². The van der Waals surface area contributed by atoms with Crippen molar-refractivity contribution in [3.63, 3.8) is 0 Å². The molecule has 0 saturated heterocycles. The maximum atomic E-state index is 11.3. The van der Waals surface area contributed by atoms with Crippen LogP contribution in [0.4, 0.5) is 5.69 Å². The van der Waals surface area contributed by atoms with Gasteiger partial charge in [-0.3, -0.25) is 0 Å². The third kappa shape index (κ3) is 5.72. The lowest BCUT2D eigenvalue weighted by molar-refractivity contribution is 0.241. The Hall–Kier alpha value is -1.58. The molecule has 0 aliphatic carbocycles. The van der Waals surface area contributed by atoms with Crippen LogP contribution in [0.5, 0.6) is 11.5 Å². The Morgan fingerprint density at radius 3 is 2.52 bits per heavy atom. The van der Waals surface area contributed by atoms with Crippen LogP contribution in [0, 0.1) is 0 Å². The first kappa shape index (κ1) is 19.7. The maximum Gasteiger partial charge on any atom is 0.176 e. The minimum atomic E-state index is -1.50. The number of hydrogen-bond acceptors (Lipinski definition) is 7. The molecule has 2 rings (SSSR count). The predicted octanol–water partition coefficient (Wildman–Crippen LogP) is 2.68. The molecule has 0 saturated carbocycles. The molecule has 2 aromatic carbocycles. The number of nitrogens with two attached hydrogens (primary N) is 1. The Labute approximate surface area is 154 Å². The summed E-state index contributed by atoms with van der Waals surface area (Å²) in [6.45, 7) is 0.337. The van der Waals surface area contributed by atoms with E-state index in [1.54, 1.807) is 30.0 Å². The molecule has 0 heterocycles. The third-order valence-corrected chi connectivity index (χ3v) is 4.47. The molecule has 6 nitrogen and oxygen atoms in total. The van der Waals surface area contributed by atoms with Crippen LogP contribution in [-0.2, 0) is 21.9 Å². The van der Waals surface area contributed by atoms with Crippen molar-refractivity contribution in [1.82, 2.24) is 0 Å². The van der Waals surface area contributed by atoms with Crippen molar-refractivity contribution in [2.75, 3.05) is 30.7 Å². The molecule has 0 aromatic heterocycles. The first-order valence-electron chi connectivity index (χ1n) is 7.62. The van der Waals surface area contributed by atoms with Crippen LogP contribution in [0.2, 0.25) is 0 Å². The highest BCUT2D eigenvalue weighted by molar-refractivity contribution is 7.98. The number of hydroxylamine groups is 1. The van der Waals surface area contributed by atoms with Crippen LogP contribution < -0.4 is 15.5 Å². The molecule has 0 aliphatic heterocycles. The summed E-state index contributed by atoms with van der Waals surface area (Å²) in [4.78, 5) is 1.16. The van der Waals surface area contributed by atoms with E-state index in [4.69, 9.17) is 19.9 Å². The van der Waals surface area contributed by atoms with Crippen LogP contribution in [0.1, 0.15) is 5.56 Å². The molecule has 1 atom stereocenters. The van der Waals surface area contributed by atoms with Crippen LogP contribution in [0.3, 0.4) is 0 Å². The molecule has 0 spiro atoms. The Morgan fingerprint density at radius 2 is 1.96 bits per heavy atom. The van der Waals surface area contributed by atoms with E-state index >= 15 is 0 Å². The van der Waals surface area contributed by atoms with Crippen LogP contribution in [0.15, 0.2) is 47.4 Å². The molecule has 0 aliphatic rings. The number of nitrogens with zero attached hydrogens (tertiary/aromatic N) is 1. The number of aliphatic hydroxyl groups excluding tert-OH is 1. The summed E-state index contributed by atoms with van der Waals surface area (Å²) in [7, 11) is 0. The quantitative estimate of drug-likeness (QED) is 0.509. The molecule has 3 N–H and O–H groups in total. The van der Waals surface area contributed by atoms with Gasteiger partial charge >= 0.3 is 0 Å². The number of hydrogen-bond donors (Lipinski definition) is 2. The van der Waals surface area contributed by atoms with Crippen molar-refractivity contribution >= 4 is 28.5 Å². The number of aliphatic hydroxyl groups is 1. The minimum absolute atomic E-state index is 0.130. The monoisotopic (exact) mass is 382 g/mol. The molecule has 1 unspecified atom stereocenters. The van der Waals surface area contributed by atoms with Crippen molar-refractivity contribution in [2.45, 2.75) is 11.4 Å². The van der Waals surface area contributed by atoms with E-state index in [1.165, 1.54) is 11.3 Å². The van der Waals surface area contributed by atoms with Crippen molar-refractivity contribution in [3.05, 3.63) is 48.0 Å². The third-order valence-electron chi connectivity index (χ3n) is 3.34. The predicted molar refractivity (Wildman–Crippen MR) is 102 cm³/mol. The van der Waals surface area contributed by atoms with Gasteiger partial charge in [-0.2, -0.15) is 4.28 Å². The lowest BCUT2D eigenvalue weighted by atomic mass is 10.1. The van der Waals surface area contributed by atoms with E-state index in [-0.39, 0.29) is 19.7 Å². The average Bonchev–Trinajstić information content (AvgIpc) is 2.62. The average molecular weight is 383 g/mol. The van der Waals surface area contributed by atoms with Gasteiger partial charge in [0.25, 0.3) is 0 Å². The van der Waals surface area contributed by atoms with E-state index in [0.717, 1.165) is 16.2 Å². The SMILES string of the molecule is CSc1ccc(Oc2ccc(N(CCO)OS(C)=O)cc2CN)cc1. The van der Waals surface area contributed by atoms with E-state index in [9.17, 15) is 4.21 Å². The summed E-state index contributed by atoms with van der Waals surface area (Å²) < 4.78 is 22.5. The van der Waals surface area contributed by atoms with Crippen molar-refractivity contribution in [3.8, 4) is 11.5 Å². The number of ether oxygens (including phenoxy) is 1. The molecule has 0 radical (unpaired) electrons. The minimum Gasteiger partial charge on any atom is -0.457 e. The number of anilines is 1. The van der Waals surface area contributed by atoms with Gasteiger partial charge in [0.2, 0.25) is 0 Å². The molecule has 0 bridgehead atoms. The highest BCUT2D eigenvalue weighted by Gasteiger charge is 2.13. The number of thioether (sulfide) groups is 1. The van der Waals surface area contributed by atoms with Gasteiger partial charge in [-0.15, -0.1) is 11.8 Å². The number of rotatable bonds is 9. The second-order valence-corrected chi connectivity index (χ2v) is 6.91. The summed E-state index contributed by atoms with van der Waals surface area (Å²) in [6.07, 6.45) is 3.44. The standard InChI is InChI=1S/C17H22N2O4S2/c1-24-16-6-4-15(5-7-16)22-17-8-3-14(11-13(17)12-18)19(9-10-20)23-25(2)21/h3-8,11,20H,9-10,12,18H2,1-2H3. The number of benzene rings is 2. The molecular formula is C17H22N2O4S2. The fourth-order valence-corrected chi connectivity index (χ4v) is 3.00. The summed E-state index contributed by atoms with van der Waals surface area (Å²) in [5.41, 5.74) is 7.27. The Bertz CT molecular complexity index is 710. The molecule has 8 heteroatoms. The smallest absolute Gasteiger partial charge is 0.176 e. The largest absolute Gasteiger partial charge is 0.457 e. The van der Waals surface area contributed by atoms with Crippen molar-refractivity contribution in [2.24, 2.45) is 5.73 Å². The van der Waals surface area contributed by atoms with Gasteiger partial charge in [0, 0.05) is 23.3 Å². The van der Waals surface area contributed by atoms with Gasteiger partial charge < -0.3 is 15.6 Å². The fourth-order valence-electron chi connectivity index (χ4n) is 2.18. The van der Waals surface area contributed by atoms with Gasteiger partial charge in [-0.1, -0.05) is 0 Å². The highest BCUT2D eigenvalue weighted by atomic mass is 32.2. The highest BCUT2D eigenvalue weighted by Crippen LogP contribution is 2.30. The zero-order valence-corrected chi connectivity index (χ0v) is 15.8. The summed E-state index contributed by atoms with van der Waals surface area (Å²) in [6, 6.07) is 13.1. The van der Waals surface area contributed by atoms with E-state index < -0.39 is 11.1 Å². The van der Waals surface area contributed by atoms with Gasteiger partial charge in [-0.05, 0) is 48.7 Å². The normalized spacial score (nSPS) is 12.0. The van der Waals surface area contributed by atoms with Crippen LogP contribution in [0.25, 0.3) is 0 Å². The lowest BCUT2D eigenvalue weighted by Crippen LogP contribution is -2.27. The Balaban J connectivity index is 2.23. The molecule has 25 heavy (non-hydrogen) atoms. The van der Waals surface area contributed by atoms with Crippen LogP contribution in [-0.4, -0.2) is 35.0 Å². The molecule has 2 aromatic rings. The zero-order chi connectivity index (χ0) is 18.2. The van der Waals surface area contributed by atoms with Crippen molar-refractivity contribution in [1.29, 1.82) is 0 Å². The molecule has 0 amide bonds. The molecule has 0 fully saturated rings. The second kappa shape index (κ2) is 9.79. The Kier molecular flexibility index (Phi) is 7.73.